The van der Waals surface area contributed by atoms with Crippen molar-refractivity contribution in [3.8, 4) is 0 Å². The van der Waals surface area contributed by atoms with Crippen molar-refractivity contribution in [2.75, 3.05) is 13.1 Å². The van der Waals surface area contributed by atoms with Crippen molar-refractivity contribution in [2.45, 2.75) is 268 Å². The Bertz CT molecular complexity index is 3540. The number of guanidine groups is 2. The predicted octanol–water partition coefficient (Wildman–Crippen LogP) is -8.08. The molecule has 0 spiro atoms. The minimum absolute atomic E-state index is 0.0162. The van der Waals surface area contributed by atoms with Crippen molar-refractivity contribution in [3.05, 3.63) is 18.2 Å². The van der Waals surface area contributed by atoms with Crippen LogP contribution in [-0.2, 0) is 107 Å². The zero-order chi connectivity index (χ0) is 89.3. The number of carbonyl (C=O) groups excluding carboxylic acids is 20. The van der Waals surface area contributed by atoms with Gasteiger partial charge in [0.25, 0.3) is 0 Å². The number of primary amides is 1. The average Bonchev–Trinajstić information content (AvgIpc) is 0.965. The summed E-state index contributed by atoms with van der Waals surface area (Å²) in [4.78, 5) is 291. The zero-order valence-electron chi connectivity index (χ0n) is 67.7. The van der Waals surface area contributed by atoms with Gasteiger partial charge in [0.05, 0.1) is 91.3 Å². The molecule has 0 aliphatic rings. The summed E-state index contributed by atoms with van der Waals surface area (Å²) < 4.78 is 0. The number of carboxylic acids is 1. The van der Waals surface area contributed by atoms with Crippen LogP contribution >= 0.6 is 0 Å². The maximum atomic E-state index is 15.3. The number of rotatable bonds is 70. The van der Waals surface area contributed by atoms with Gasteiger partial charge in [-0.05, 0) is 50.4 Å². The largest absolute Gasteiger partial charge is 0.481 e. The lowest BCUT2D eigenvalue weighted by Gasteiger charge is -2.32. The Hall–Kier alpha value is -10.9. The van der Waals surface area contributed by atoms with Crippen LogP contribution in [0.5, 0.6) is 0 Å². The van der Waals surface area contributed by atoms with Gasteiger partial charge in [0, 0.05) is 76.8 Å². The van der Waals surface area contributed by atoms with Crippen molar-refractivity contribution in [1.82, 2.24) is 95.0 Å². The van der Waals surface area contributed by atoms with Gasteiger partial charge >= 0.3 is 5.97 Å². The number of aliphatic carboxylic acids is 1. The van der Waals surface area contributed by atoms with Gasteiger partial charge in [0.15, 0.2) is 40.8 Å². The number of carboxylic acid groups (broad SMARTS) is 1. The zero-order valence-corrected chi connectivity index (χ0v) is 67.7. The van der Waals surface area contributed by atoms with Crippen LogP contribution in [0.1, 0.15) is 158 Å². The molecule has 0 bridgehead atoms. The lowest BCUT2D eigenvalue weighted by molar-refractivity contribution is -0.139. The molecule has 0 aliphatic carbocycles. The molecular formula is C73H119N23O22. The van der Waals surface area contributed by atoms with E-state index < -0.39 is 248 Å². The number of aromatic amines is 1. The van der Waals surface area contributed by atoms with Crippen molar-refractivity contribution in [3.63, 3.8) is 0 Å². The molecule has 0 aliphatic heterocycles. The molecule has 0 saturated carbocycles. The minimum atomic E-state index is -2.31. The molecule has 1 aromatic heterocycles. The number of nitrogens with one attached hydrogen (secondary N) is 19. The lowest BCUT2D eigenvalue weighted by atomic mass is 9.97. The van der Waals surface area contributed by atoms with Crippen LogP contribution in [0.2, 0.25) is 0 Å². The number of aromatic nitrogens is 2. The molecule has 0 fully saturated rings. The van der Waals surface area contributed by atoms with Crippen LogP contribution < -0.4 is 102 Å². The van der Waals surface area contributed by atoms with E-state index in [-0.39, 0.29) is 77.0 Å². The number of hydrogen-bond acceptors (Lipinski definition) is 33. The number of Topliss-reactive ketones (excluding diaryl/α,β-unsaturated/α-hetero) is 5. The van der Waals surface area contributed by atoms with Crippen molar-refractivity contribution < 1.29 is 106 Å². The van der Waals surface area contributed by atoms with Crippen LogP contribution in [0, 0.1) is 28.6 Å². The number of carbonyl (C=O) groups is 21. The lowest BCUT2D eigenvalue weighted by Crippen LogP contribution is -2.64. The minimum Gasteiger partial charge on any atom is -0.481 e. The SMILES string of the molecule is CCC(=O)[C@@H](NC(=O)[C@@H](CC(=O)[C@@H](NC(=O)[C@@H](CC(=O)[C@@H](NC(=O)[C@@H](CC(=O)[C@@H](NC(=O)[C@@H](CC(=O)[C@@H](NC(C)=O)N[C@H](C=O)CC(=O)O)N[C@H](C=O)[C@@H](C)CC)N[C@H](C=O)[C@@H](C)CC)N[C@H](C=O)CCCNC(=N)N)N[C@H](C=O)CC(N)=O)N[C@H](C=O)[C@@H](C)CC)N[C@@H](C)C=O)N[C@H](C=O)CCCNC(=N)N)N[C@H](C=O)Cc1cnc[nH]1. The molecule has 658 valence electrons. The Morgan fingerprint density at radius 2 is 0.763 bits per heavy atom. The van der Waals surface area contributed by atoms with E-state index in [1.165, 1.54) is 26.4 Å². The Morgan fingerprint density at radius 3 is 1.08 bits per heavy atom. The second-order valence-electron chi connectivity index (χ2n) is 28.4. The smallest absolute Gasteiger partial charge is 0.305 e. The molecule has 1 rings (SSSR count). The van der Waals surface area contributed by atoms with Gasteiger partial charge in [-0.3, -0.25) is 116 Å². The highest BCUT2D eigenvalue weighted by Gasteiger charge is 2.41. The predicted molar refractivity (Wildman–Crippen MR) is 422 cm³/mol. The maximum absolute atomic E-state index is 15.3. The first kappa shape index (κ1) is 105. The Labute approximate surface area is 682 Å². The van der Waals surface area contributed by atoms with Crippen LogP contribution in [0.25, 0.3) is 0 Å². The summed E-state index contributed by atoms with van der Waals surface area (Å²) in [5.41, 5.74) is 16.9. The molecule has 0 saturated heterocycles. The van der Waals surface area contributed by atoms with Gasteiger partial charge in [0.1, 0.15) is 87.4 Å². The molecule has 1 aromatic rings. The standard InChI is InChI=1S/C73H119N23O22/c1-10-38(5)53(34-103)90-51(25-58(109)65(84-42(9)106)89-48(33-102)22-62(113)114)71(118)96-67(92-55(36-105)40(7)12-3)60(111)24-50(86-44(30-99)17-15-19-81-73(77)78)69(116)95-66(88-47(32-101)21-61(74)112)59(110)26-52(91-54(35-104)39(6)11-2)70(117)94-64(83-41(8)28-97)57(108)23-49(85-43(29-98)16-14-18-80-72(75)76)68(115)93-63(56(107)13-4)87-46(31-100)20-45-27-79-37-82-45/h27-41,43-44,46-55,63-67,83,85-92H,10-26H2,1-9H3,(H2,74,112)(H,79,82)(H,84,106)(H,93,115)(H,94,117)(H,95,116)(H,96,118)(H,113,114)(H4,75,76,80)(H4,77,78,81)/t38-,39-,40-,41-,43-,44-,46-,47-,48-,49+,50+,51+,52+,53+,54+,55+,63+,64+,65-,66+,67+/m0/s1. The highest BCUT2D eigenvalue weighted by molar-refractivity contribution is 6.01. The summed E-state index contributed by atoms with van der Waals surface area (Å²) >= 11 is 0. The summed E-state index contributed by atoms with van der Waals surface area (Å²) in [6, 6.07) is -20.3. The molecule has 0 aromatic carbocycles. The van der Waals surface area contributed by atoms with E-state index >= 15 is 19.2 Å². The monoisotopic (exact) mass is 1670 g/mol. The van der Waals surface area contributed by atoms with Gasteiger partial charge in [-0.2, -0.15) is 0 Å². The van der Waals surface area contributed by atoms with E-state index in [9.17, 15) is 86.6 Å². The molecule has 21 atom stereocenters. The number of nitrogens with two attached hydrogens (primary N) is 3. The second-order valence-corrected chi connectivity index (χ2v) is 28.4. The quantitative estimate of drug-likeness (QED) is 0.00947. The van der Waals surface area contributed by atoms with E-state index in [2.05, 4.69) is 95.0 Å². The van der Waals surface area contributed by atoms with Crippen LogP contribution in [0.15, 0.2) is 12.5 Å². The van der Waals surface area contributed by atoms with Gasteiger partial charge in [0.2, 0.25) is 35.4 Å². The fourth-order valence-electron chi connectivity index (χ4n) is 11.5. The highest BCUT2D eigenvalue weighted by Crippen LogP contribution is 2.16. The van der Waals surface area contributed by atoms with E-state index in [1.807, 2.05) is 0 Å². The molecule has 0 unspecified atom stereocenters. The summed E-state index contributed by atoms with van der Waals surface area (Å²) in [6.07, 6.45) is -10.1. The molecule has 6 amide bonds. The summed E-state index contributed by atoms with van der Waals surface area (Å²) in [7, 11) is 0. The molecule has 26 N–H and O–H groups in total. The number of imidazole rings is 1. The third-order valence-electron chi connectivity index (χ3n) is 18.9. The number of nitrogens with zero attached hydrogens (tertiary/aromatic N) is 1. The number of H-pyrrole nitrogens is 1. The highest BCUT2D eigenvalue weighted by atomic mass is 16.4. The van der Waals surface area contributed by atoms with E-state index in [4.69, 9.17) is 28.0 Å². The maximum Gasteiger partial charge on any atom is 0.305 e. The third kappa shape index (κ3) is 40.3. The summed E-state index contributed by atoms with van der Waals surface area (Å²) in [5.74, 6) is -16.9. The van der Waals surface area contributed by atoms with Crippen molar-refractivity contribution in [1.29, 1.82) is 10.8 Å². The molecular weight excluding hydrogens is 1550 g/mol. The number of aldehydes is 9. The first-order valence-corrected chi connectivity index (χ1v) is 38.6. The van der Waals surface area contributed by atoms with Gasteiger partial charge in [-0.15, -0.1) is 0 Å². The van der Waals surface area contributed by atoms with Gasteiger partial charge in [-0.1, -0.05) is 67.7 Å². The molecule has 45 heteroatoms. The van der Waals surface area contributed by atoms with Crippen molar-refractivity contribution in [2.24, 2.45) is 35.0 Å². The van der Waals surface area contributed by atoms with E-state index in [0.717, 1.165) is 6.92 Å². The normalized spacial score (nSPS) is 16.6. The van der Waals surface area contributed by atoms with Crippen molar-refractivity contribution >= 4 is 139 Å². The summed E-state index contributed by atoms with van der Waals surface area (Å²) in [5, 5.41) is 65.5. The van der Waals surface area contributed by atoms with E-state index in [0.29, 0.717) is 56.1 Å². The molecule has 118 heavy (non-hydrogen) atoms. The molecule has 0 radical (unpaired) electrons. The van der Waals surface area contributed by atoms with Gasteiger partial charge < -0.3 is 108 Å². The van der Waals surface area contributed by atoms with Crippen LogP contribution in [0.3, 0.4) is 0 Å². The topological polar surface area (TPSA) is 726 Å². The number of amides is 6. The second kappa shape index (κ2) is 57.2. The Balaban J connectivity index is 4.46. The van der Waals surface area contributed by atoms with Gasteiger partial charge in [-0.25, -0.2) is 4.98 Å². The third-order valence-corrected chi connectivity index (χ3v) is 18.9. The fourth-order valence-corrected chi connectivity index (χ4v) is 11.5. The molecule has 1 heterocycles. The number of hydrogen-bond donors (Lipinski definition) is 23. The average molecular weight is 1670 g/mol. The first-order chi connectivity index (χ1) is 55.9. The molecule has 45 nitrogen and oxygen atoms in total. The van der Waals surface area contributed by atoms with E-state index in [1.54, 1.807) is 41.5 Å². The summed E-state index contributed by atoms with van der Waals surface area (Å²) in [6.45, 7) is 13.4. The number of ketones is 5. The van der Waals surface area contributed by atoms with Crippen LogP contribution in [0.4, 0.5) is 0 Å². The Kier molecular flexibility index (Phi) is 50.9. The first-order valence-electron chi connectivity index (χ1n) is 38.6. The van der Waals surface area contributed by atoms with Crippen LogP contribution in [-0.4, -0.2) is 276 Å². The fraction of sp³-hybridized carbons (Fsp3) is 0.644. The Morgan fingerprint density at radius 1 is 0.424 bits per heavy atom.